The molecule has 0 radical (unpaired) electrons. The van der Waals surface area contributed by atoms with Crippen LogP contribution in [-0.2, 0) is 0 Å². The third-order valence-electron chi connectivity index (χ3n) is 3.38. The van der Waals surface area contributed by atoms with Crippen molar-refractivity contribution in [3.63, 3.8) is 0 Å². The number of para-hydroxylation sites is 1. The van der Waals surface area contributed by atoms with E-state index in [9.17, 15) is 9.18 Å². The lowest BCUT2D eigenvalue weighted by Crippen LogP contribution is -2.39. The lowest BCUT2D eigenvalue weighted by Gasteiger charge is -2.19. The number of carbonyl (C=O) groups is 1. The number of nitrogens with zero attached hydrogens (tertiary/aromatic N) is 1. The third-order valence-corrected chi connectivity index (χ3v) is 3.38. The summed E-state index contributed by atoms with van der Waals surface area (Å²) in [6.07, 6.45) is 0. The Kier molecular flexibility index (Phi) is 4.10. The van der Waals surface area contributed by atoms with Crippen LogP contribution in [0.2, 0.25) is 0 Å². The number of amides is 1. The van der Waals surface area contributed by atoms with Crippen LogP contribution in [0.1, 0.15) is 10.6 Å². The number of hydrazine groups is 1. The Labute approximate surface area is 133 Å². The fraction of sp³-hybridized carbons (Fsp3) is 0.0556. The van der Waals surface area contributed by atoms with Crippen molar-refractivity contribution in [1.29, 1.82) is 0 Å². The monoisotopic (exact) mass is 310 g/mol. The van der Waals surface area contributed by atoms with Gasteiger partial charge in [-0.3, -0.25) is 15.2 Å². The zero-order valence-corrected chi connectivity index (χ0v) is 12.5. The Morgan fingerprint density at radius 1 is 1.00 bits per heavy atom. The van der Waals surface area contributed by atoms with Gasteiger partial charge >= 0.3 is 5.91 Å². The average molecular weight is 310 g/mol. The van der Waals surface area contributed by atoms with Gasteiger partial charge in [0.25, 0.3) is 0 Å². The summed E-state index contributed by atoms with van der Waals surface area (Å²) in [6, 6.07) is 18.8. The minimum absolute atomic E-state index is 0.117. The zero-order valence-electron chi connectivity index (χ0n) is 12.5. The van der Waals surface area contributed by atoms with Crippen molar-refractivity contribution in [3.05, 3.63) is 78.3 Å². The van der Waals surface area contributed by atoms with Gasteiger partial charge in [0.2, 0.25) is 0 Å². The van der Waals surface area contributed by atoms with Crippen molar-refractivity contribution in [1.82, 2.24) is 5.43 Å². The van der Waals surface area contributed by atoms with Gasteiger partial charge in [0.1, 0.15) is 11.6 Å². The Morgan fingerprint density at radius 2 is 1.70 bits per heavy atom. The first-order valence-corrected chi connectivity index (χ1v) is 7.09. The highest BCUT2D eigenvalue weighted by Gasteiger charge is 2.15. The molecule has 0 atom stereocenters. The smallest absolute Gasteiger partial charge is 0.305 e. The summed E-state index contributed by atoms with van der Waals surface area (Å²) in [5.41, 5.74) is 3.86. The molecule has 23 heavy (non-hydrogen) atoms. The standard InChI is InChI=1S/C18H15FN2O2/c1-21(13-7-3-2-4-8-13)20-18(22)17-12-11-16(23-17)14-9-5-6-10-15(14)19/h2-12H,1H3,(H,20,22). The van der Waals surface area contributed by atoms with E-state index in [1.807, 2.05) is 30.3 Å². The highest BCUT2D eigenvalue weighted by Crippen LogP contribution is 2.24. The molecule has 0 bridgehead atoms. The van der Waals surface area contributed by atoms with Crippen LogP contribution >= 0.6 is 0 Å². The molecule has 1 N–H and O–H groups in total. The molecule has 0 unspecified atom stereocenters. The minimum Gasteiger partial charge on any atom is -0.451 e. The van der Waals surface area contributed by atoms with E-state index in [0.29, 0.717) is 11.3 Å². The number of anilines is 1. The number of benzene rings is 2. The van der Waals surface area contributed by atoms with Crippen LogP contribution in [0.3, 0.4) is 0 Å². The molecule has 0 spiro atoms. The number of hydrogen-bond donors (Lipinski definition) is 1. The van der Waals surface area contributed by atoms with Crippen LogP contribution in [0.25, 0.3) is 11.3 Å². The van der Waals surface area contributed by atoms with E-state index in [1.165, 1.54) is 12.1 Å². The molecule has 1 heterocycles. The van der Waals surface area contributed by atoms with Crippen molar-refractivity contribution in [2.45, 2.75) is 0 Å². The first kappa shape index (κ1) is 14.8. The van der Waals surface area contributed by atoms with Crippen LogP contribution in [0.5, 0.6) is 0 Å². The predicted molar refractivity (Wildman–Crippen MR) is 86.4 cm³/mol. The fourth-order valence-electron chi connectivity index (χ4n) is 2.19. The third kappa shape index (κ3) is 3.23. The van der Waals surface area contributed by atoms with E-state index in [1.54, 1.807) is 36.3 Å². The summed E-state index contributed by atoms with van der Waals surface area (Å²) in [4.78, 5) is 12.2. The van der Waals surface area contributed by atoms with Gasteiger partial charge in [-0.2, -0.15) is 0 Å². The largest absolute Gasteiger partial charge is 0.451 e. The Bertz CT molecular complexity index is 815. The lowest BCUT2D eigenvalue weighted by molar-refractivity contribution is 0.0924. The molecular formula is C18H15FN2O2. The van der Waals surface area contributed by atoms with Crippen LogP contribution < -0.4 is 10.4 Å². The second-order valence-corrected chi connectivity index (χ2v) is 4.98. The van der Waals surface area contributed by atoms with E-state index in [4.69, 9.17) is 4.42 Å². The molecule has 0 saturated carbocycles. The van der Waals surface area contributed by atoms with Crippen molar-refractivity contribution < 1.29 is 13.6 Å². The Hall–Kier alpha value is -3.08. The molecule has 3 aromatic rings. The molecule has 0 fully saturated rings. The lowest BCUT2D eigenvalue weighted by atomic mass is 10.1. The first-order valence-electron chi connectivity index (χ1n) is 7.09. The Balaban J connectivity index is 1.75. The number of hydrogen-bond acceptors (Lipinski definition) is 3. The molecule has 4 nitrogen and oxygen atoms in total. The normalized spacial score (nSPS) is 10.3. The maximum atomic E-state index is 13.7. The van der Waals surface area contributed by atoms with E-state index < -0.39 is 11.7 Å². The van der Waals surface area contributed by atoms with E-state index in [0.717, 1.165) is 5.69 Å². The summed E-state index contributed by atoms with van der Waals surface area (Å²) in [5.74, 6) is -0.365. The number of rotatable bonds is 4. The molecule has 0 aliphatic heterocycles. The fourth-order valence-corrected chi connectivity index (χ4v) is 2.19. The molecule has 0 aliphatic rings. The number of nitrogens with one attached hydrogen (secondary N) is 1. The van der Waals surface area contributed by atoms with Crippen LogP contribution in [0.4, 0.5) is 10.1 Å². The average Bonchev–Trinajstić information content (AvgIpc) is 3.06. The molecular weight excluding hydrogens is 295 g/mol. The highest BCUT2D eigenvalue weighted by atomic mass is 19.1. The molecule has 1 amide bonds. The topological polar surface area (TPSA) is 45.5 Å². The molecule has 116 valence electrons. The summed E-state index contributed by atoms with van der Waals surface area (Å²) in [5, 5.41) is 1.59. The summed E-state index contributed by atoms with van der Waals surface area (Å²) in [7, 11) is 1.73. The van der Waals surface area contributed by atoms with Crippen LogP contribution in [0.15, 0.2) is 71.1 Å². The zero-order chi connectivity index (χ0) is 16.2. The van der Waals surface area contributed by atoms with Crippen molar-refractivity contribution in [3.8, 4) is 11.3 Å². The van der Waals surface area contributed by atoms with E-state index in [-0.39, 0.29) is 5.76 Å². The Morgan fingerprint density at radius 3 is 2.43 bits per heavy atom. The molecule has 3 rings (SSSR count). The van der Waals surface area contributed by atoms with Gasteiger partial charge in [0.15, 0.2) is 5.76 Å². The molecule has 5 heteroatoms. The van der Waals surface area contributed by atoms with Gasteiger partial charge in [0, 0.05) is 7.05 Å². The minimum atomic E-state index is -0.404. The summed E-state index contributed by atoms with van der Waals surface area (Å²) >= 11 is 0. The van der Waals surface area contributed by atoms with Crippen molar-refractivity contribution in [2.75, 3.05) is 12.1 Å². The SMILES string of the molecule is CN(NC(=O)c1ccc(-c2ccccc2F)o1)c1ccccc1. The van der Waals surface area contributed by atoms with Gasteiger partial charge in [-0.25, -0.2) is 4.39 Å². The van der Waals surface area contributed by atoms with Gasteiger partial charge in [-0.1, -0.05) is 30.3 Å². The number of halogens is 1. The maximum Gasteiger partial charge on any atom is 0.305 e. The molecule has 0 aliphatic carbocycles. The second kappa shape index (κ2) is 6.36. The van der Waals surface area contributed by atoms with Crippen molar-refractivity contribution >= 4 is 11.6 Å². The van der Waals surface area contributed by atoms with Gasteiger partial charge in [-0.05, 0) is 36.4 Å². The van der Waals surface area contributed by atoms with Crippen LogP contribution in [0, 0.1) is 5.82 Å². The number of carbonyl (C=O) groups excluding carboxylic acids is 1. The van der Waals surface area contributed by atoms with Gasteiger partial charge in [0.05, 0.1) is 11.3 Å². The quantitative estimate of drug-likeness (QED) is 0.744. The van der Waals surface area contributed by atoms with Crippen molar-refractivity contribution in [2.24, 2.45) is 0 Å². The van der Waals surface area contributed by atoms with E-state index in [2.05, 4.69) is 5.43 Å². The summed E-state index contributed by atoms with van der Waals surface area (Å²) in [6.45, 7) is 0. The second-order valence-electron chi connectivity index (χ2n) is 4.98. The highest BCUT2D eigenvalue weighted by molar-refractivity contribution is 5.93. The van der Waals surface area contributed by atoms with Gasteiger partial charge < -0.3 is 4.42 Å². The maximum absolute atomic E-state index is 13.7. The van der Waals surface area contributed by atoms with E-state index >= 15 is 0 Å². The predicted octanol–water partition coefficient (Wildman–Crippen LogP) is 3.87. The molecule has 1 aromatic heterocycles. The first-order chi connectivity index (χ1) is 11.1. The number of furan rings is 1. The van der Waals surface area contributed by atoms with Gasteiger partial charge in [-0.15, -0.1) is 0 Å². The van der Waals surface area contributed by atoms with Crippen LogP contribution in [-0.4, -0.2) is 13.0 Å². The molecule has 2 aromatic carbocycles. The summed E-state index contributed by atoms with van der Waals surface area (Å²) < 4.78 is 19.2. The molecule has 0 saturated heterocycles.